The molecule has 2 rings (SSSR count). The third-order valence-corrected chi connectivity index (χ3v) is 3.01. The Morgan fingerprint density at radius 3 is 2.75 bits per heavy atom. The number of rotatable bonds is 5. The molecule has 0 spiro atoms. The van der Waals surface area contributed by atoms with E-state index in [1.807, 2.05) is 23.7 Å². The molecule has 1 heterocycles. The molecule has 6 heteroatoms. The fraction of sp³-hybridized carbons (Fsp3) is 0.0714. The molecule has 0 radical (unpaired) electrons. The summed E-state index contributed by atoms with van der Waals surface area (Å²) in [7, 11) is 0. The van der Waals surface area contributed by atoms with Gasteiger partial charge in [-0.15, -0.1) is 0 Å². The molecule has 1 aromatic carbocycles. The number of hydrogen-bond donors (Lipinski definition) is 3. The van der Waals surface area contributed by atoms with Gasteiger partial charge in [0.1, 0.15) is 5.15 Å². The van der Waals surface area contributed by atoms with Crippen molar-refractivity contribution in [3.8, 4) is 0 Å². The minimum absolute atomic E-state index is 0.447. The molecule has 20 heavy (non-hydrogen) atoms. The van der Waals surface area contributed by atoms with Crippen molar-refractivity contribution in [1.82, 2.24) is 10.5 Å². The Kier molecular flexibility index (Phi) is 5.24. The maximum absolute atomic E-state index is 8.86. The second kappa shape index (κ2) is 7.14. The minimum atomic E-state index is 0.447. The number of nitrogens with one attached hydrogen (secondary N) is 2. The van der Waals surface area contributed by atoms with Crippen molar-refractivity contribution >= 4 is 28.9 Å². The van der Waals surface area contributed by atoms with Crippen molar-refractivity contribution in [2.24, 2.45) is 0 Å². The van der Waals surface area contributed by atoms with Gasteiger partial charge in [0.2, 0.25) is 0 Å². The lowest BCUT2D eigenvalue weighted by Crippen LogP contribution is -2.08. The normalized spacial score (nSPS) is 11.2. The molecule has 0 aliphatic rings. The van der Waals surface area contributed by atoms with Crippen LogP contribution in [0.15, 0.2) is 54.5 Å². The summed E-state index contributed by atoms with van der Waals surface area (Å²) in [5.74, 6) is 0. The zero-order valence-electron chi connectivity index (χ0n) is 10.5. The molecule has 0 fully saturated rings. The van der Waals surface area contributed by atoms with Crippen molar-refractivity contribution in [2.45, 2.75) is 6.42 Å². The molecule has 0 saturated heterocycles. The molecule has 0 atom stereocenters. The van der Waals surface area contributed by atoms with E-state index < -0.39 is 0 Å². The van der Waals surface area contributed by atoms with Crippen LogP contribution in [-0.2, 0) is 6.42 Å². The van der Waals surface area contributed by atoms with Crippen molar-refractivity contribution in [3.63, 3.8) is 0 Å². The summed E-state index contributed by atoms with van der Waals surface area (Å²) < 4.78 is 0. The number of benzene rings is 1. The lowest BCUT2D eigenvalue weighted by molar-refractivity contribution is 0.213. The molecule has 0 unspecified atom stereocenters. The highest BCUT2D eigenvalue weighted by Crippen LogP contribution is 2.18. The van der Waals surface area contributed by atoms with Crippen LogP contribution in [0.25, 0.3) is 0 Å². The predicted octanol–water partition coefficient (Wildman–Crippen LogP) is 3.86. The third-order valence-electron chi connectivity index (χ3n) is 2.55. The molecule has 4 nitrogen and oxygen atoms in total. The van der Waals surface area contributed by atoms with E-state index in [9.17, 15) is 0 Å². The van der Waals surface area contributed by atoms with Gasteiger partial charge in [-0.25, -0.2) is 4.98 Å². The molecular formula is C14H13Cl2N3O. The fourth-order valence-corrected chi connectivity index (χ4v) is 1.99. The van der Waals surface area contributed by atoms with Gasteiger partial charge in [0.15, 0.2) is 0 Å². The van der Waals surface area contributed by atoms with E-state index in [1.54, 1.807) is 24.4 Å². The molecule has 104 valence electrons. The Morgan fingerprint density at radius 2 is 2.10 bits per heavy atom. The van der Waals surface area contributed by atoms with Crippen LogP contribution in [0.3, 0.4) is 0 Å². The lowest BCUT2D eigenvalue weighted by Gasteiger charge is -2.11. The monoisotopic (exact) mass is 309 g/mol. The summed E-state index contributed by atoms with van der Waals surface area (Å²) in [6.07, 6.45) is 3.72. The number of allylic oxidation sites excluding steroid dienone is 1. The van der Waals surface area contributed by atoms with Gasteiger partial charge in [0.05, 0.1) is 0 Å². The second-order valence-electron chi connectivity index (χ2n) is 4.10. The molecule has 0 bridgehead atoms. The maximum Gasteiger partial charge on any atom is 0.129 e. The molecule has 2 aromatic rings. The standard InChI is InChI=1S/C14H13Cl2N3O/c15-11-2-1-3-12(7-11)19-13(9-18-20)6-10-4-5-14(16)17-8-10/h1-5,7-9,18-20H,6H2/b13-9-. The van der Waals surface area contributed by atoms with E-state index in [-0.39, 0.29) is 0 Å². The average Bonchev–Trinajstić information content (AvgIpc) is 2.42. The Morgan fingerprint density at radius 1 is 1.25 bits per heavy atom. The zero-order chi connectivity index (χ0) is 14.4. The van der Waals surface area contributed by atoms with Gasteiger partial charge < -0.3 is 5.32 Å². The first-order valence-electron chi connectivity index (χ1n) is 5.89. The van der Waals surface area contributed by atoms with Crippen molar-refractivity contribution in [2.75, 3.05) is 5.32 Å². The Balaban J connectivity index is 2.11. The van der Waals surface area contributed by atoms with Crippen molar-refractivity contribution < 1.29 is 5.21 Å². The van der Waals surface area contributed by atoms with Crippen molar-refractivity contribution in [1.29, 1.82) is 0 Å². The first-order chi connectivity index (χ1) is 9.67. The largest absolute Gasteiger partial charge is 0.357 e. The second-order valence-corrected chi connectivity index (χ2v) is 4.92. The number of pyridine rings is 1. The van der Waals surface area contributed by atoms with Gasteiger partial charge in [0, 0.05) is 35.2 Å². The SMILES string of the molecule is ON/C=C(/Cc1ccc(Cl)nc1)Nc1cccc(Cl)c1. The number of halogens is 2. The number of aromatic nitrogens is 1. The molecule has 0 amide bonds. The summed E-state index contributed by atoms with van der Waals surface area (Å²) in [5, 5.41) is 13.1. The maximum atomic E-state index is 8.86. The zero-order valence-corrected chi connectivity index (χ0v) is 12.0. The Labute approximate surface area is 127 Å². The van der Waals surface area contributed by atoms with E-state index in [0.717, 1.165) is 16.9 Å². The van der Waals surface area contributed by atoms with Crippen LogP contribution >= 0.6 is 23.2 Å². The van der Waals surface area contributed by atoms with E-state index in [2.05, 4.69) is 10.3 Å². The smallest absolute Gasteiger partial charge is 0.129 e. The average molecular weight is 310 g/mol. The summed E-state index contributed by atoms with van der Waals surface area (Å²) in [6.45, 7) is 0. The predicted molar refractivity (Wildman–Crippen MR) is 81.0 cm³/mol. The van der Waals surface area contributed by atoms with Gasteiger partial charge in [-0.05, 0) is 29.8 Å². The highest BCUT2D eigenvalue weighted by molar-refractivity contribution is 6.30. The molecule has 0 aliphatic heterocycles. The van der Waals surface area contributed by atoms with Gasteiger partial charge in [-0.3, -0.25) is 10.7 Å². The van der Waals surface area contributed by atoms with Crippen LogP contribution < -0.4 is 10.8 Å². The number of hydroxylamine groups is 1. The molecular weight excluding hydrogens is 297 g/mol. The lowest BCUT2D eigenvalue weighted by atomic mass is 10.1. The summed E-state index contributed by atoms with van der Waals surface area (Å²) in [6, 6.07) is 10.9. The van der Waals surface area contributed by atoms with E-state index in [4.69, 9.17) is 28.4 Å². The molecule has 3 N–H and O–H groups in total. The molecule has 0 aliphatic carbocycles. The first kappa shape index (κ1) is 14.7. The first-order valence-corrected chi connectivity index (χ1v) is 6.64. The van der Waals surface area contributed by atoms with Crippen LogP contribution in [0.2, 0.25) is 10.2 Å². The van der Waals surface area contributed by atoms with E-state index in [0.29, 0.717) is 16.6 Å². The van der Waals surface area contributed by atoms with Crippen LogP contribution in [0.4, 0.5) is 5.69 Å². The highest BCUT2D eigenvalue weighted by atomic mass is 35.5. The Hall–Kier alpha value is -1.75. The van der Waals surface area contributed by atoms with Gasteiger partial charge in [-0.2, -0.15) is 0 Å². The number of anilines is 1. The molecule has 0 saturated carbocycles. The fourth-order valence-electron chi connectivity index (χ4n) is 1.69. The summed E-state index contributed by atoms with van der Waals surface area (Å²) in [4.78, 5) is 4.02. The van der Waals surface area contributed by atoms with Crippen LogP contribution in [0.5, 0.6) is 0 Å². The van der Waals surface area contributed by atoms with Crippen LogP contribution in [0, 0.1) is 0 Å². The third kappa shape index (κ3) is 4.42. The van der Waals surface area contributed by atoms with Gasteiger partial charge in [0.25, 0.3) is 0 Å². The minimum Gasteiger partial charge on any atom is -0.357 e. The summed E-state index contributed by atoms with van der Waals surface area (Å²) in [5.41, 5.74) is 4.59. The van der Waals surface area contributed by atoms with Crippen LogP contribution in [0.1, 0.15) is 5.56 Å². The van der Waals surface area contributed by atoms with E-state index in [1.165, 1.54) is 6.20 Å². The van der Waals surface area contributed by atoms with E-state index >= 15 is 0 Å². The number of hydrogen-bond acceptors (Lipinski definition) is 4. The highest BCUT2D eigenvalue weighted by Gasteiger charge is 2.02. The van der Waals surface area contributed by atoms with Gasteiger partial charge >= 0.3 is 0 Å². The quantitative estimate of drug-likeness (QED) is 0.580. The Bertz CT molecular complexity index is 600. The van der Waals surface area contributed by atoms with Gasteiger partial charge in [-0.1, -0.05) is 35.3 Å². The van der Waals surface area contributed by atoms with Crippen LogP contribution in [-0.4, -0.2) is 10.2 Å². The number of nitrogens with zero attached hydrogens (tertiary/aromatic N) is 1. The summed E-state index contributed by atoms with van der Waals surface area (Å²) >= 11 is 11.7. The molecule has 1 aromatic heterocycles. The topological polar surface area (TPSA) is 57.2 Å². The van der Waals surface area contributed by atoms with Crippen molar-refractivity contribution in [3.05, 3.63) is 70.2 Å².